The van der Waals surface area contributed by atoms with Gasteiger partial charge in [-0.15, -0.1) is 0 Å². The Bertz CT molecular complexity index is 420. The third-order valence-corrected chi connectivity index (χ3v) is 3.67. The number of rotatable bonds is 3. The van der Waals surface area contributed by atoms with Crippen molar-refractivity contribution >= 4 is 7.52 Å². The van der Waals surface area contributed by atoms with Crippen molar-refractivity contribution in [1.29, 1.82) is 5.26 Å². The molecular weight excluding hydrogens is 211 g/mol. The van der Waals surface area contributed by atoms with Crippen molar-refractivity contribution in [2.24, 2.45) is 0 Å². The van der Waals surface area contributed by atoms with Crippen molar-refractivity contribution in [3.8, 4) is 11.6 Å². The maximum absolute atomic E-state index is 11.9. The van der Waals surface area contributed by atoms with Crippen molar-refractivity contribution in [2.75, 3.05) is 14.1 Å². The minimum absolute atomic E-state index is 0.444. The predicted octanol–water partition coefficient (Wildman–Crippen LogP) is 2.61. The monoisotopic (exact) mass is 224 g/mol. The summed E-state index contributed by atoms with van der Waals surface area (Å²) in [5, 5.41) is 8.79. The fourth-order valence-electron chi connectivity index (χ4n) is 0.934. The first-order chi connectivity index (χ1) is 6.98. The highest BCUT2D eigenvalue weighted by Gasteiger charge is 2.27. The Labute approximate surface area is 89.6 Å². The van der Waals surface area contributed by atoms with E-state index in [-0.39, 0.29) is 0 Å². The standard InChI is InChI=1S/C10H13N2O2P/c1-9-4-6-10(7-5-9)14-15(13,8-11)12(2)3/h4-7H,1-3H3. The second-order valence-electron chi connectivity index (χ2n) is 3.37. The summed E-state index contributed by atoms with van der Waals surface area (Å²) >= 11 is 0. The lowest BCUT2D eigenvalue weighted by Crippen LogP contribution is -2.11. The highest BCUT2D eigenvalue weighted by atomic mass is 31.2. The smallest absolute Gasteiger partial charge is 0.418 e. The largest absolute Gasteiger partial charge is 0.423 e. The van der Waals surface area contributed by atoms with Crippen molar-refractivity contribution < 1.29 is 9.09 Å². The molecule has 0 radical (unpaired) electrons. The molecular formula is C10H13N2O2P. The molecule has 0 fully saturated rings. The summed E-state index contributed by atoms with van der Waals surface area (Å²) in [6.07, 6.45) is 0. The number of benzene rings is 1. The van der Waals surface area contributed by atoms with Gasteiger partial charge >= 0.3 is 7.52 Å². The van der Waals surface area contributed by atoms with Gasteiger partial charge in [0.25, 0.3) is 0 Å². The number of nitriles is 1. The van der Waals surface area contributed by atoms with Gasteiger partial charge in [-0.1, -0.05) is 17.7 Å². The predicted molar refractivity (Wildman–Crippen MR) is 58.7 cm³/mol. The van der Waals surface area contributed by atoms with Crippen molar-refractivity contribution in [2.45, 2.75) is 6.92 Å². The third-order valence-electron chi connectivity index (χ3n) is 1.90. The minimum atomic E-state index is -3.37. The summed E-state index contributed by atoms with van der Waals surface area (Å²) in [6.45, 7) is 1.94. The first-order valence-corrected chi connectivity index (χ1v) is 6.01. The molecule has 80 valence electrons. The van der Waals surface area contributed by atoms with Gasteiger partial charge in [-0.25, -0.2) is 9.24 Å². The number of hydrogen-bond acceptors (Lipinski definition) is 3. The molecule has 0 saturated carbocycles. The molecule has 1 unspecified atom stereocenters. The zero-order valence-electron chi connectivity index (χ0n) is 8.97. The zero-order valence-corrected chi connectivity index (χ0v) is 9.86. The quantitative estimate of drug-likeness (QED) is 0.740. The number of nitrogens with zero attached hydrogens (tertiary/aromatic N) is 2. The molecule has 15 heavy (non-hydrogen) atoms. The molecule has 0 aliphatic heterocycles. The van der Waals surface area contributed by atoms with Gasteiger partial charge in [0.05, 0.1) is 0 Å². The molecule has 0 heterocycles. The lowest BCUT2D eigenvalue weighted by atomic mass is 10.2. The zero-order chi connectivity index (χ0) is 11.5. The van der Waals surface area contributed by atoms with E-state index in [0.717, 1.165) is 5.56 Å². The normalized spacial score (nSPS) is 14.3. The lowest BCUT2D eigenvalue weighted by Gasteiger charge is -2.18. The van der Waals surface area contributed by atoms with Crippen LogP contribution >= 0.6 is 7.52 Å². The van der Waals surface area contributed by atoms with Crippen molar-refractivity contribution in [1.82, 2.24) is 4.67 Å². The van der Waals surface area contributed by atoms with E-state index in [1.54, 1.807) is 32.0 Å². The summed E-state index contributed by atoms with van der Waals surface area (Å²) in [7, 11) is -0.263. The topological polar surface area (TPSA) is 53.3 Å². The van der Waals surface area contributed by atoms with Crippen LogP contribution in [0.15, 0.2) is 24.3 Å². The Morgan fingerprint density at radius 3 is 2.27 bits per heavy atom. The molecule has 0 spiro atoms. The highest BCUT2D eigenvalue weighted by molar-refractivity contribution is 7.61. The van der Waals surface area contributed by atoms with Crippen LogP contribution in [0.4, 0.5) is 0 Å². The summed E-state index contributed by atoms with van der Waals surface area (Å²) in [4.78, 5) is 0. The second-order valence-corrected chi connectivity index (χ2v) is 5.60. The van der Waals surface area contributed by atoms with Crippen LogP contribution in [0, 0.1) is 18.0 Å². The summed E-state index contributed by atoms with van der Waals surface area (Å²) < 4.78 is 18.4. The van der Waals surface area contributed by atoms with E-state index in [1.807, 2.05) is 19.1 Å². The first kappa shape index (κ1) is 11.8. The molecule has 0 bridgehead atoms. The van der Waals surface area contributed by atoms with Crippen LogP contribution in [0.2, 0.25) is 0 Å². The molecule has 1 atom stereocenters. The van der Waals surface area contributed by atoms with E-state index in [0.29, 0.717) is 5.75 Å². The van der Waals surface area contributed by atoms with Crippen LogP contribution in [0.25, 0.3) is 0 Å². The fraction of sp³-hybridized carbons (Fsp3) is 0.300. The molecule has 1 rings (SSSR count). The van der Waals surface area contributed by atoms with Crippen LogP contribution in [-0.2, 0) is 4.57 Å². The van der Waals surface area contributed by atoms with Crippen LogP contribution < -0.4 is 4.52 Å². The second kappa shape index (κ2) is 4.48. The summed E-state index contributed by atoms with van der Waals surface area (Å²) in [6, 6.07) is 7.07. The van der Waals surface area contributed by atoms with Gasteiger partial charge in [-0.2, -0.15) is 5.26 Å². The molecule has 1 aromatic carbocycles. The summed E-state index contributed by atoms with van der Waals surface area (Å²) in [5.74, 6) is 2.14. The molecule has 0 amide bonds. The van der Waals surface area contributed by atoms with Gasteiger partial charge in [0, 0.05) is 0 Å². The van der Waals surface area contributed by atoms with E-state index in [1.165, 1.54) is 4.67 Å². The Balaban J connectivity index is 2.91. The first-order valence-electron chi connectivity index (χ1n) is 4.43. The van der Waals surface area contributed by atoms with Crippen LogP contribution in [-0.4, -0.2) is 18.8 Å². The van der Waals surface area contributed by atoms with Gasteiger partial charge in [0.15, 0.2) is 5.81 Å². The van der Waals surface area contributed by atoms with E-state index in [2.05, 4.69) is 0 Å². The molecule has 1 aromatic rings. The number of aryl methyl sites for hydroxylation is 1. The van der Waals surface area contributed by atoms with E-state index >= 15 is 0 Å². The van der Waals surface area contributed by atoms with E-state index in [9.17, 15) is 4.57 Å². The maximum Gasteiger partial charge on any atom is 0.418 e. The lowest BCUT2D eigenvalue weighted by molar-refractivity contribution is 0.429. The Kier molecular flexibility index (Phi) is 3.52. The van der Waals surface area contributed by atoms with E-state index in [4.69, 9.17) is 9.79 Å². The van der Waals surface area contributed by atoms with E-state index < -0.39 is 7.52 Å². The van der Waals surface area contributed by atoms with Crippen LogP contribution in [0.1, 0.15) is 5.56 Å². The molecule has 4 nitrogen and oxygen atoms in total. The average Bonchev–Trinajstić information content (AvgIpc) is 2.21. The Hall–Kier alpha value is -1.30. The van der Waals surface area contributed by atoms with Crippen LogP contribution in [0.3, 0.4) is 0 Å². The third kappa shape index (κ3) is 2.82. The van der Waals surface area contributed by atoms with Gasteiger partial charge in [-0.3, -0.25) is 0 Å². The molecule has 0 aliphatic rings. The molecule has 0 aromatic heterocycles. The Morgan fingerprint density at radius 1 is 1.33 bits per heavy atom. The molecule has 0 saturated heterocycles. The summed E-state index contributed by atoms with van der Waals surface area (Å²) in [5.41, 5.74) is 1.08. The van der Waals surface area contributed by atoms with Gasteiger partial charge in [-0.05, 0) is 33.2 Å². The molecule has 0 aliphatic carbocycles. The number of hydrogen-bond donors (Lipinski definition) is 0. The van der Waals surface area contributed by atoms with Gasteiger partial charge in [0.1, 0.15) is 5.75 Å². The SMILES string of the molecule is Cc1ccc(OP(=O)(C#N)N(C)C)cc1. The fourth-order valence-corrected chi connectivity index (χ4v) is 1.72. The Morgan fingerprint density at radius 2 is 1.87 bits per heavy atom. The van der Waals surface area contributed by atoms with Crippen molar-refractivity contribution in [3.63, 3.8) is 0 Å². The molecule has 0 N–H and O–H groups in total. The average molecular weight is 224 g/mol. The maximum atomic E-state index is 11.9. The van der Waals surface area contributed by atoms with Crippen LogP contribution in [0.5, 0.6) is 5.75 Å². The van der Waals surface area contributed by atoms with Crippen molar-refractivity contribution in [3.05, 3.63) is 29.8 Å². The van der Waals surface area contributed by atoms with Gasteiger partial charge in [0.2, 0.25) is 0 Å². The molecule has 5 heteroatoms. The highest BCUT2D eigenvalue weighted by Crippen LogP contribution is 2.47. The van der Waals surface area contributed by atoms with Gasteiger partial charge < -0.3 is 4.52 Å². The minimum Gasteiger partial charge on any atom is -0.423 e.